The van der Waals surface area contributed by atoms with Crippen LogP contribution in [0.15, 0.2) is 17.8 Å². The number of H-pyrrole nitrogens is 1. The summed E-state index contributed by atoms with van der Waals surface area (Å²) in [5.41, 5.74) is 3.42. The number of aryl methyl sites for hydroxylation is 1. The molecule has 0 unspecified atom stereocenters. The average molecular weight is 165 g/mol. The van der Waals surface area contributed by atoms with Crippen molar-refractivity contribution in [2.24, 2.45) is 0 Å². The zero-order valence-corrected chi connectivity index (χ0v) is 7.81. The van der Waals surface area contributed by atoms with Gasteiger partial charge in [-0.05, 0) is 33.0 Å². The molecule has 2 N–H and O–H groups in total. The molecule has 12 heavy (non-hydrogen) atoms. The van der Waals surface area contributed by atoms with E-state index in [2.05, 4.69) is 29.4 Å². The molecule has 0 aliphatic carbocycles. The monoisotopic (exact) mass is 165 g/mol. The van der Waals surface area contributed by atoms with Gasteiger partial charge in [0.05, 0.1) is 17.9 Å². The Morgan fingerprint density at radius 2 is 2.42 bits per heavy atom. The van der Waals surface area contributed by atoms with E-state index in [1.54, 1.807) is 0 Å². The lowest BCUT2D eigenvalue weighted by molar-refractivity contribution is 0.817. The third-order valence-electron chi connectivity index (χ3n) is 1.44. The number of allylic oxidation sites excluding steroid dienone is 1. The van der Waals surface area contributed by atoms with Crippen LogP contribution in [0.2, 0.25) is 0 Å². The lowest BCUT2D eigenvalue weighted by Crippen LogP contribution is -2.05. The maximum Gasteiger partial charge on any atom is 0.0594 e. The highest BCUT2D eigenvalue weighted by Crippen LogP contribution is 1.96. The van der Waals surface area contributed by atoms with E-state index in [0.717, 1.165) is 17.9 Å². The molecule has 0 aliphatic rings. The van der Waals surface area contributed by atoms with Crippen LogP contribution in [0, 0.1) is 6.92 Å². The molecule has 66 valence electrons. The number of nitrogens with zero attached hydrogens (tertiary/aromatic N) is 1. The van der Waals surface area contributed by atoms with Crippen LogP contribution in [-0.2, 0) is 6.54 Å². The van der Waals surface area contributed by atoms with Crippen molar-refractivity contribution in [3.8, 4) is 0 Å². The molecule has 1 aromatic rings. The summed E-state index contributed by atoms with van der Waals surface area (Å²) in [6.07, 6.45) is 2.00. The first kappa shape index (κ1) is 8.84. The SMILES string of the molecule is CC(C)=CNCc1cc(C)n[nH]1. The first-order chi connectivity index (χ1) is 5.68. The Bertz CT molecular complexity index is 269. The van der Waals surface area contributed by atoms with Gasteiger partial charge in [0.15, 0.2) is 0 Å². The molecule has 0 saturated carbocycles. The first-order valence-corrected chi connectivity index (χ1v) is 4.06. The van der Waals surface area contributed by atoms with Crippen LogP contribution < -0.4 is 5.32 Å². The Balaban J connectivity index is 2.38. The smallest absolute Gasteiger partial charge is 0.0594 e. The van der Waals surface area contributed by atoms with Gasteiger partial charge in [-0.1, -0.05) is 5.57 Å². The highest BCUT2D eigenvalue weighted by molar-refractivity contribution is 5.07. The van der Waals surface area contributed by atoms with Gasteiger partial charge in [0.2, 0.25) is 0 Å². The molecule has 0 spiro atoms. The number of hydrogen-bond donors (Lipinski definition) is 2. The fourth-order valence-corrected chi connectivity index (χ4v) is 0.932. The fraction of sp³-hybridized carbons (Fsp3) is 0.444. The Morgan fingerprint density at radius 1 is 1.67 bits per heavy atom. The molecule has 3 nitrogen and oxygen atoms in total. The van der Waals surface area contributed by atoms with Crippen molar-refractivity contribution in [2.45, 2.75) is 27.3 Å². The second-order valence-electron chi connectivity index (χ2n) is 3.14. The van der Waals surface area contributed by atoms with Gasteiger partial charge in [-0.2, -0.15) is 5.10 Å². The van der Waals surface area contributed by atoms with Crippen LogP contribution in [0.4, 0.5) is 0 Å². The van der Waals surface area contributed by atoms with Crippen LogP contribution in [0.1, 0.15) is 25.2 Å². The van der Waals surface area contributed by atoms with E-state index in [1.807, 2.05) is 19.2 Å². The second kappa shape index (κ2) is 3.95. The summed E-state index contributed by atoms with van der Waals surface area (Å²) in [5, 5.41) is 10.1. The van der Waals surface area contributed by atoms with Crippen molar-refractivity contribution in [2.75, 3.05) is 0 Å². The topological polar surface area (TPSA) is 40.7 Å². The van der Waals surface area contributed by atoms with E-state index < -0.39 is 0 Å². The maximum absolute atomic E-state index is 4.03. The van der Waals surface area contributed by atoms with Gasteiger partial charge >= 0.3 is 0 Å². The van der Waals surface area contributed by atoms with Gasteiger partial charge in [0, 0.05) is 0 Å². The molecular formula is C9H15N3. The number of rotatable bonds is 3. The highest BCUT2D eigenvalue weighted by Gasteiger charge is 1.93. The average Bonchev–Trinajstić information content (AvgIpc) is 2.35. The van der Waals surface area contributed by atoms with E-state index in [9.17, 15) is 0 Å². The van der Waals surface area contributed by atoms with E-state index in [-0.39, 0.29) is 0 Å². The molecule has 0 amide bonds. The molecule has 3 heteroatoms. The van der Waals surface area contributed by atoms with Crippen molar-refractivity contribution < 1.29 is 0 Å². The predicted molar refractivity (Wildman–Crippen MR) is 49.6 cm³/mol. The second-order valence-corrected chi connectivity index (χ2v) is 3.14. The number of nitrogens with one attached hydrogen (secondary N) is 2. The minimum Gasteiger partial charge on any atom is -0.385 e. The van der Waals surface area contributed by atoms with Crippen LogP contribution in [0.25, 0.3) is 0 Å². The van der Waals surface area contributed by atoms with Crippen LogP contribution in [0.5, 0.6) is 0 Å². The summed E-state index contributed by atoms with van der Waals surface area (Å²) in [4.78, 5) is 0. The van der Waals surface area contributed by atoms with Crippen LogP contribution >= 0.6 is 0 Å². The van der Waals surface area contributed by atoms with Crippen molar-refractivity contribution in [1.29, 1.82) is 0 Å². The third kappa shape index (κ3) is 2.78. The van der Waals surface area contributed by atoms with Gasteiger partial charge in [-0.25, -0.2) is 0 Å². The molecular weight excluding hydrogens is 150 g/mol. The molecule has 1 aromatic heterocycles. The zero-order chi connectivity index (χ0) is 8.97. The van der Waals surface area contributed by atoms with Crippen LogP contribution in [0.3, 0.4) is 0 Å². The van der Waals surface area contributed by atoms with E-state index in [1.165, 1.54) is 5.57 Å². The van der Waals surface area contributed by atoms with Crippen molar-refractivity contribution >= 4 is 0 Å². The Labute approximate surface area is 72.9 Å². The maximum atomic E-state index is 4.03. The summed E-state index contributed by atoms with van der Waals surface area (Å²) >= 11 is 0. The first-order valence-electron chi connectivity index (χ1n) is 4.06. The van der Waals surface area contributed by atoms with E-state index >= 15 is 0 Å². The molecule has 0 bridgehead atoms. The molecule has 0 aromatic carbocycles. The molecule has 1 heterocycles. The largest absolute Gasteiger partial charge is 0.385 e. The highest BCUT2D eigenvalue weighted by atomic mass is 15.1. The molecule has 0 saturated heterocycles. The Hall–Kier alpha value is -1.25. The number of aromatic nitrogens is 2. The minimum atomic E-state index is 0.812. The van der Waals surface area contributed by atoms with Crippen molar-refractivity contribution in [1.82, 2.24) is 15.5 Å². The number of hydrogen-bond acceptors (Lipinski definition) is 2. The van der Waals surface area contributed by atoms with Crippen molar-refractivity contribution in [3.05, 3.63) is 29.2 Å². The van der Waals surface area contributed by atoms with Gasteiger partial charge in [-0.15, -0.1) is 0 Å². The summed E-state index contributed by atoms with van der Waals surface area (Å²) in [5.74, 6) is 0. The Kier molecular flexibility index (Phi) is 2.91. The quantitative estimate of drug-likeness (QED) is 0.716. The summed E-state index contributed by atoms with van der Waals surface area (Å²) in [7, 11) is 0. The van der Waals surface area contributed by atoms with E-state index in [0.29, 0.717) is 0 Å². The van der Waals surface area contributed by atoms with Gasteiger partial charge < -0.3 is 5.32 Å². The minimum absolute atomic E-state index is 0.812. The normalized spacial score (nSPS) is 9.58. The fourth-order valence-electron chi connectivity index (χ4n) is 0.932. The van der Waals surface area contributed by atoms with Crippen molar-refractivity contribution in [3.63, 3.8) is 0 Å². The van der Waals surface area contributed by atoms with Gasteiger partial charge in [-0.3, -0.25) is 5.10 Å². The van der Waals surface area contributed by atoms with Gasteiger partial charge in [0.1, 0.15) is 0 Å². The number of aromatic amines is 1. The molecule has 0 aliphatic heterocycles. The van der Waals surface area contributed by atoms with Crippen LogP contribution in [-0.4, -0.2) is 10.2 Å². The van der Waals surface area contributed by atoms with Gasteiger partial charge in [0.25, 0.3) is 0 Å². The molecule has 0 radical (unpaired) electrons. The lowest BCUT2D eigenvalue weighted by atomic mass is 10.3. The summed E-state index contributed by atoms with van der Waals surface area (Å²) in [6, 6.07) is 2.03. The molecule has 0 fully saturated rings. The molecule has 0 atom stereocenters. The summed E-state index contributed by atoms with van der Waals surface area (Å²) < 4.78 is 0. The lowest BCUT2D eigenvalue weighted by Gasteiger charge is -1.97. The zero-order valence-electron chi connectivity index (χ0n) is 7.81. The third-order valence-corrected chi connectivity index (χ3v) is 1.44. The standard InChI is InChI=1S/C9H15N3/c1-7(2)5-10-6-9-4-8(3)11-12-9/h4-5,10H,6H2,1-3H3,(H,11,12). The van der Waals surface area contributed by atoms with E-state index in [4.69, 9.17) is 0 Å². The predicted octanol–water partition coefficient (Wildman–Crippen LogP) is 1.73. The summed E-state index contributed by atoms with van der Waals surface area (Å²) in [6.45, 7) is 6.91. The Morgan fingerprint density at radius 3 is 2.92 bits per heavy atom. The molecule has 1 rings (SSSR count).